The maximum Gasteiger partial charge on any atom is 0.303 e. The van der Waals surface area contributed by atoms with Crippen LogP contribution in [-0.2, 0) is 9.84 Å². The van der Waals surface area contributed by atoms with Crippen LogP contribution in [0, 0.1) is 22.2 Å². The van der Waals surface area contributed by atoms with Crippen molar-refractivity contribution in [1.82, 2.24) is 9.78 Å². The Balaban J connectivity index is 2.08. The normalized spacial score (nSPS) is 14.7. The van der Waals surface area contributed by atoms with Gasteiger partial charge in [-0.2, -0.15) is 0 Å². The number of allylic oxidation sites excluding steroid dienone is 4. The van der Waals surface area contributed by atoms with Crippen LogP contribution in [0.2, 0.25) is 0 Å². The Labute approximate surface area is 164 Å². The number of nitrogens with zero attached hydrogens (tertiary/aromatic N) is 4. The van der Waals surface area contributed by atoms with Gasteiger partial charge >= 0.3 is 5.56 Å². The lowest BCUT2D eigenvalue weighted by Crippen LogP contribution is -2.15. The number of benzene rings is 1. The molecule has 0 atom stereocenters. The van der Waals surface area contributed by atoms with E-state index in [0.29, 0.717) is 11.4 Å². The van der Waals surface area contributed by atoms with Crippen LogP contribution >= 0.6 is 0 Å². The lowest BCUT2D eigenvalue weighted by atomic mass is 10.1. The first-order valence-corrected chi connectivity index (χ1v) is 10.3. The minimum Gasteiger partial charge on any atom is -0.594 e. The highest BCUT2D eigenvalue weighted by atomic mass is 32.2. The molecular formula is C17H17N5O6S. The molecule has 3 rings (SSSR count). The molecule has 0 saturated carbocycles. The minimum atomic E-state index is -3.97. The average Bonchev–Trinajstić information content (AvgIpc) is 2.95. The van der Waals surface area contributed by atoms with Crippen molar-refractivity contribution in [2.45, 2.75) is 24.7 Å². The second kappa shape index (κ2) is 7.47. The fourth-order valence-corrected chi connectivity index (χ4v) is 3.68. The lowest BCUT2D eigenvalue weighted by Gasteiger charge is -2.06. The number of hydrogen-bond acceptors (Lipinski definition) is 7. The zero-order chi connectivity index (χ0) is 21.3. The van der Waals surface area contributed by atoms with Crippen LogP contribution in [0.1, 0.15) is 18.5 Å². The first-order chi connectivity index (χ1) is 13.6. The number of rotatable bonds is 5. The molecule has 0 spiro atoms. The Kier molecular flexibility index (Phi) is 5.20. The van der Waals surface area contributed by atoms with Crippen LogP contribution in [0.5, 0.6) is 0 Å². The molecule has 0 unspecified atom stereocenters. The average molecular weight is 419 g/mol. The SMILES string of the molecule is Cc1[nH]n(C2=CCCC=C2)c(=O)c1N=[N+]([O-])c1ccc([N+](=O)[O-])c(S(C)(=O)=O)c1. The molecule has 2 aromatic rings. The fraction of sp³-hybridized carbons (Fsp3) is 0.235. The number of nitro benzene ring substituents is 1. The summed E-state index contributed by atoms with van der Waals surface area (Å²) in [6.45, 7) is 1.56. The van der Waals surface area contributed by atoms with Gasteiger partial charge in [-0.15, -0.1) is 0 Å². The van der Waals surface area contributed by atoms with Gasteiger partial charge in [0.15, 0.2) is 14.7 Å². The largest absolute Gasteiger partial charge is 0.594 e. The van der Waals surface area contributed by atoms with E-state index in [9.17, 15) is 28.5 Å². The zero-order valence-electron chi connectivity index (χ0n) is 15.5. The molecule has 1 aliphatic rings. The highest BCUT2D eigenvalue weighted by Gasteiger charge is 2.25. The summed E-state index contributed by atoms with van der Waals surface area (Å²) in [7, 11) is -3.97. The number of azo groups is 1. The number of nitrogens with one attached hydrogen (secondary N) is 1. The summed E-state index contributed by atoms with van der Waals surface area (Å²) in [5.74, 6) is 0. The van der Waals surface area contributed by atoms with E-state index < -0.39 is 30.9 Å². The Morgan fingerprint density at radius 2 is 1.97 bits per heavy atom. The van der Waals surface area contributed by atoms with E-state index in [2.05, 4.69) is 10.2 Å². The van der Waals surface area contributed by atoms with Crippen LogP contribution < -0.4 is 5.56 Å². The molecule has 1 aromatic carbocycles. The summed E-state index contributed by atoms with van der Waals surface area (Å²) in [6, 6.07) is 2.83. The minimum absolute atomic E-state index is 0.0609. The topological polar surface area (TPSA) is 154 Å². The van der Waals surface area contributed by atoms with Gasteiger partial charge in [0.25, 0.3) is 5.69 Å². The Bertz CT molecular complexity index is 1250. The summed E-state index contributed by atoms with van der Waals surface area (Å²) >= 11 is 0. The molecule has 0 saturated heterocycles. The highest BCUT2D eigenvalue weighted by molar-refractivity contribution is 7.90. The van der Waals surface area contributed by atoms with Gasteiger partial charge in [0.05, 0.1) is 16.3 Å². The first-order valence-electron chi connectivity index (χ1n) is 8.45. The van der Waals surface area contributed by atoms with Crippen LogP contribution in [-0.4, -0.2) is 34.2 Å². The van der Waals surface area contributed by atoms with Crippen molar-refractivity contribution in [2.24, 2.45) is 5.11 Å². The Hall–Kier alpha value is -3.54. The van der Waals surface area contributed by atoms with Crippen LogP contribution in [0.25, 0.3) is 5.70 Å². The molecule has 12 heteroatoms. The molecular weight excluding hydrogens is 402 g/mol. The standard InChI is InChI=1S/C17H17N5O6S/c1-11-16(17(23)20(18-11)12-6-4-3-5-7-12)19-21(24)13-8-9-14(22(25)26)15(10-13)29(2,27)28/h4,6-10,18H,3,5H2,1-2H3. The second-order valence-corrected chi connectivity index (χ2v) is 8.37. The van der Waals surface area contributed by atoms with E-state index in [-0.39, 0.29) is 16.2 Å². The van der Waals surface area contributed by atoms with Crippen molar-refractivity contribution in [3.63, 3.8) is 0 Å². The van der Waals surface area contributed by atoms with Crippen LogP contribution in [0.3, 0.4) is 0 Å². The van der Waals surface area contributed by atoms with Crippen molar-refractivity contribution in [2.75, 3.05) is 6.26 Å². The van der Waals surface area contributed by atoms with Gasteiger partial charge in [-0.3, -0.25) is 20.0 Å². The molecule has 11 nitrogen and oxygen atoms in total. The molecule has 29 heavy (non-hydrogen) atoms. The first kappa shape index (κ1) is 20.2. The van der Waals surface area contributed by atoms with Crippen LogP contribution in [0.4, 0.5) is 17.1 Å². The van der Waals surface area contributed by atoms with Gasteiger partial charge in [-0.05, 0) is 30.7 Å². The summed E-state index contributed by atoms with van der Waals surface area (Å²) in [6.07, 6.45) is 7.99. The molecule has 1 N–H and O–H groups in total. The number of hydrogen-bond donors (Lipinski definition) is 1. The number of aryl methyl sites for hydroxylation is 1. The quantitative estimate of drug-likeness (QED) is 0.340. The number of aromatic amines is 1. The summed E-state index contributed by atoms with van der Waals surface area (Å²) < 4.78 is 25.0. The molecule has 1 heterocycles. The van der Waals surface area contributed by atoms with Gasteiger partial charge in [0, 0.05) is 29.6 Å². The lowest BCUT2D eigenvalue weighted by molar-refractivity contribution is -0.436. The fourth-order valence-electron chi connectivity index (χ4n) is 2.82. The van der Waals surface area contributed by atoms with Crippen molar-refractivity contribution < 1.29 is 18.2 Å². The maximum absolute atomic E-state index is 12.6. The van der Waals surface area contributed by atoms with E-state index in [1.807, 2.05) is 12.2 Å². The van der Waals surface area contributed by atoms with Gasteiger partial charge in [0.1, 0.15) is 0 Å². The predicted molar refractivity (Wildman–Crippen MR) is 104 cm³/mol. The summed E-state index contributed by atoms with van der Waals surface area (Å²) in [4.78, 5) is 22.3. The molecule has 0 amide bonds. The Morgan fingerprint density at radius 1 is 1.24 bits per heavy atom. The number of sulfone groups is 1. The third-order valence-corrected chi connectivity index (χ3v) is 5.35. The molecule has 152 valence electrons. The smallest absolute Gasteiger partial charge is 0.303 e. The molecule has 1 aromatic heterocycles. The van der Waals surface area contributed by atoms with Gasteiger partial charge in [0.2, 0.25) is 11.4 Å². The van der Waals surface area contributed by atoms with Crippen LogP contribution in [0.15, 0.2) is 51.2 Å². The number of aromatic nitrogens is 2. The third-order valence-electron chi connectivity index (χ3n) is 4.23. The van der Waals surface area contributed by atoms with E-state index in [1.54, 1.807) is 13.0 Å². The number of H-pyrrole nitrogens is 1. The predicted octanol–water partition coefficient (Wildman–Crippen LogP) is 2.91. The van der Waals surface area contributed by atoms with Gasteiger partial charge < -0.3 is 5.21 Å². The van der Waals surface area contributed by atoms with E-state index in [0.717, 1.165) is 37.3 Å². The van der Waals surface area contributed by atoms with Crippen molar-refractivity contribution in [3.05, 3.63) is 67.8 Å². The molecule has 0 aliphatic heterocycles. The second-order valence-electron chi connectivity index (χ2n) is 6.39. The molecule has 0 radical (unpaired) electrons. The van der Waals surface area contributed by atoms with Crippen molar-refractivity contribution in [1.29, 1.82) is 0 Å². The van der Waals surface area contributed by atoms with Gasteiger partial charge in [-0.25, -0.2) is 13.1 Å². The molecule has 1 aliphatic carbocycles. The maximum atomic E-state index is 12.6. The van der Waals surface area contributed by atoms with E-state index >= 15 is 0 Å². The zero-order valence-corrected chi connectivity index (χ0v) is 16.3. The van der Waals surface area contributed by atoms with Gasteiger partial charge in [-0.1, -0.05) is 12.2 Å². The number of nitro groups is 1. The highest BCUT2D eigenvalue weighted by Crippen LogP contribution is 2.29. The molecule has 0 bridgehead atoms. The molecule has 0 fully saturated rings. The van der Waals surface area contributed by atoms with E-state index in [4.69, 9.17) is 0 Å². The van der Waals surface area contributed by atoms with E-state index in [1.165, 1.54) is 4.68 Å². The monoisotopic (exact) mass is 419 g/mol. The summed E-state index contributed by atoms with van der Waals surface area (Å²) in [5, 5.41) is 30.1. The summed E-state index contributed by atoms with van der Waals surface area (Å²) in [5.41, 5.74) is -0.662. The van der Waals surface area contributed by atoms with Crippen molar-refractivity contribution >= 4 is 32.6 Å². The van der Waals surface area contributed by atoms with Crippen molar-refractivity contribution in [3.8, 4) is 0 Å². The third kappa shape index (κ3) is 4.01. The Morgan fingerprint density at radius 3 is 2.55 bits per heavy atom.